The molecular weight excluding hydrogens is 204 g/mol. The molecule has 84 valence electrons. The Hall–Kier alpha value is -0.170. The summed E-state index contributed by atoms with van der Waals surface area (Å²) in [4.78, 5) is 0. The molecule has 0 amide bonds. The SMILES string of the molecule is NCCC(O)CNC1CCS(=O)(=O)C1. The Morgan fingerprint density at radius 3 is 2.79 bits per heavy atom. The van der Waals surface area contributed by atoms with E-state index in [-0.39, 0.29) is 17.5 Å². The predicted molar refractivity (Wildman–Crippen MR) is 54.7 cm³/mol. The molecule has 1 aliphatic rings. The molecule has 14 heavy (non-hydrogen) atoms. The summed E-state index contributed by atoms with van der Waals surface area (Å²) < 4.78 is 22.2. The van der Waals surface area contributed by atoms with Crippen LogP contribution in [0, 0.1) is 0 Å². The Bertz CT molecular complexity index is 266. The third kappa shape index (κ3) is 3.91. The lowest BCUT2D eigenvalue weighted by molar-refractivity contribution is 0.161. The average Bonchev–Trinajstić information content (AvgIpc) is 2.43. The Balaban J connectivity index is 2.20. The molecule has 2 atom stereocenters. The Morgan fingerprint density at radius 2 is 2.29 bits per heavy atom. The van der Waals surface area contributed by atoms with Gasteiger partial charge in [0.05, 0.1) is 17.6 Å². The van der Waals surface area contributed by atoms with Crippen molar-refractivity contribution in [2.75, 3.05) is 24.6 Å². The van der Waals surface area contributed by atoms with Gasteiger partial charge < -0.3 is 16.2 Å². The fourth-order valence-corrected chi connectivity index (χ4v) is 3.26. The molecule has 0 aromatic heterocycles. The van der Waals surface area contributed by atoms with E-state index < -0.39 is 15.9 Å². The van der Waals surface area contributed by atoms with Crippen molar-refractivity contribution in [1.82, 2.24) is 5.32 Å². The zero-order valence-corrected chi connectivity index (χ0v) is 8.96. The fraction of sp³-hybridized carbons (Fsp3) is 1.00. The van der Waals surface area contributed by atoms with E-state index in [1.807, 2.05) is 0 Å². The zero-order chi connectivity index (χ0) is 10.6. The fourth-order valence-electron chi connectivity index (χ4n) is 1.55. The molecule has 0 spiro atoms. The van der Waals surface area contributed by atoms with Gasteiger partial charge >= 0.3 is 0 Å². The van der Waals surface area contributed by atoms with E-state index in [9.17, 15) is 13.5 Å². The second-order valence-electron chi connectivity index (χ2n) is 3.74. The van der Waals surface area contributed by atoms with Crippen molar-refractivity contribution in [3.8, 4) is 0 Å². The van der Waals surface area contributed by atoms with Gasteiger partial charge in [-0.2, -0.15) is 0 Å². The van der Waals surface area contributed by atoms with Crippen LogP contribution in [-0.2, 0) is 9.84 Å². The molecule has 4 N–H and O–H groups in total. The summed E-state index contributed by atoms with van der Waals surface area (Å²) in [6, 6.07) is 0.00687. The lowest BCUT2D eigenvalue weighted by atomic mass is 10.2. The number of hydrogen-bond donors (Lipinski definition) is 3. The van der Waals surface area contributed by atoms with Crippen LogP contribution in [0.3, 0.4) is 0 Å². The summed E-state index contributed by atoms with van der Waals surface area (Å²) in [6.07, 6.45) is 0.729. The van der Waals surface area contributed by atoms with E-state index in [2.05, 4.69) is 5.32 Å². The summed E-state index contributed by atoms with van der Waals surface area (Å²) in [6.45, 7) is 0.878. The van der Waals surface area contributed by atoms with Gasteiger partial charge in [0.1, 0.15) is 0 Å². The molecule has 2 unspecified atom stereocenters. The third-order valence-electron chi connectivity index (χ3n) is 2.37. The molecule has 0 aromatic carbocycles. The highest BCUT2D eigenvalue weighted by atomic mass is 32.2. The minimum Gasteiger partial charge on any atom is -0.392 e. The van der Waals surface area contributed by atoms with Crippen molar-refractivity contribution >= 4 is 9.84 Å². The first kappa shape index (κ1) is 11.9. The zero-order valence-electron chi connectivity index (χ0n) is 8.15. The van der Waals surface area contributed by atoms with Crippen LogP contribution in [0.5, 0.6) is 0 Å². The second kappa shape index (κ2) is 5.06. The molecule has 0 aromatic rings. The minimum absolute atomic E-state index is 0.00687. The van der Waals surface area contributed by atoms with E-state index in [0.717, 1.165) is 0 Å². The number of sulfone groups is 1. The monoisotopic (exact) mass is 222 g/mol. The van der Waals surface area contributed by atoms with Crippen LogP contribution in [0.25, 0.3) is 0 Å². The van der Waals surface area contributed by atoms with E-state index in [1.54, 1.807) is 0 Å². The molecule has 1 rings (SSSR count). The molecule has 0 bridgehead atoms. The smallest absolute Gasteiger partial charge is 0.151 e. The van der Waals surface area contributed by atoms with Crippen LogP contribution in [0.1, 0.15) is 12.8 Å². The topological polar surface area (TPSA) is 92.4 Å². The predicted octanol–water partition coefficient (Wildman–Crippen LogP) is -1.53. The number of nitrogens with one attached hydrogen (secondary N) is 1. The summed E-state index contributed by atoms with van der Waals surface area (Å²) in [5.41, 5.74) is 5.27. The first-order valence-corrected chi connectivity index (χ1v) is 6.67. The molecular formula is C8H18N2O3S. The highest BCUT2D eigenvalue weighted by molar-refractivity contribution is 7.91. The summed E-state index contributed by atoms with van der Waals surface area (Å²) in [7, 11) is -2.82. The van der Waals surface area contributed by atoms with Crippen LogP contribution < -0.4 is 11.1 Å². The highest BCUT2D eigenvalue weighted by Gasteiger charge is 2.27. The third-order valence-corrected chi connectivity index (χ3v) is 4.14. The van der Waals surface area contributed by atoms with E-state index in [1.165, 1.54) is 0 Å². The molecule has 6 heteroatoms. The molecule has 1 heterocycles. The van der Waals surface area contributed by atoms with Gasteiger partial charge in [-0.25, -0.2) is 8.42 Å². The first-order valence-electron chi connectivity index (χ1n) is 4.85. The van der Waals surface area contributed by atoms with Crippen molar-refractivity contribution in [2.24, 2.45) is 5.73 Å². The number of rotatable bonds is 5. The van der Waals surface area contributed by atoms with Crippen LogP contribution in [0.4, 0.5) is 0 Å². The van der Waals surface area contributed by atoms with Crippen LogP contribution in [-0.4, -0.2) is 50.3 Å². The molecule has 1 aliphatic heterocycles. The highest BCUT2D eigenvalue weighted by Crippen LogP contribution is 2.11. The summed E-state index contributed by atoms with van der Waals surface area (Å²) >= 11 is 0. The van der Waals surface area contributed by atoms with Crippen molar-refractivity contribution in [3.05, 3.63) is 0 Å². The van der Waals surface area contributed by atoms with E-state index in [4.69, 9.17) is 5.73 Å². The maximum atomic E-state index is 11.1. The molecule has 5 nitrogen and oxygen atoms in total. The van der Waals surface area contributed by atoms with Gasteiger partial charge in [-0.1, -0.05) is 0 Å². The molecule has 0 radical (unpaired) electrons. The van der Waals surface area contributed by atoms with E-state index >= 15 is 0 Å². The van der Waals surface area contributed by atoms with Gasteiger partial charge in [-0.05, 0) is 19.4 Å². The van der Waals surface area contributed by atoms with Gasteiger partial charge in [0.15, 0.2) is 9.84 Å². The summed E-state index contributed by atoms with van der Waals surface area (Å²) in [5.74, 6) is 0.458. The van der Waals surface area contributed by atoms with Crippen molar-refractivity contribution < 1.29 is 13.5 Å². The van der Waals surface area contributed by atoms with Crippen LogP contribution in [0.15, 0.2) is 0 Å². The number of aliphatic hydroxyl groups excluding tert-OH is 1. The maximum Gasteiger partial charge on any atom is 0.151 e. The molecule has 0 saturated carbocycles. The average molecular weight is 222 g/mol. The van der Waals surface area contributed by atoms with Gasteiger partial charge in [0.25, 0.3) is 0 Å². The van der Waals surface area contributed by atoms with Gasteiger partial charge in [-0.3, -0.25) is 0 Å². The molecule has 1 saturated heterocycles. The maximum absolute atomic E-state index is 11.1. The minimum atomic E-state index is -2.82. The van der Waals surface area contributed by atoms with Crippen LogP contribution >= 0.6 is 0 Å². The number of nitrogens with two attached hydrogens (primary N) is 1. The quantitative estimate of drug-likeness (QED) is 0.525. The van der Waals surface area contributed by atoms with Crippen LogP contribution in [0.2, 0.25) is 0 Å². The second-order valence-corrected chi connectivity index (χ2v) is 5.97. The Labute approximate surface area is 84.6 Å². The van der Waals surface area contributed by atoms with Crippen molar-refractivity contribution in [3.63, 3.8) is 0 Å². The van der Waals surface area contributed by atoms with E-state index in [0.29, 0.717) is 25.9 Å². The number of hydrogen-bond acceptors (Lipinski definition) is 5. The Kier molecular flexibility index (Phi) is 4.31. The van der Waals surface area contributed by atoms with Gasteiger partial charge in [0.2, 0.25) is 0 Å². The van der Waals surface area contributed by atoms with Gasteiger partial charge in [0, 0.05) is 12.6 Å². The Morgan fingerprint density at radius 1 is 1.57 bits per heavy atom. The standard InChI is InChI=1S/C8H18N2O3S/c9-3-1-8(11)5-10-7-2-4-14(12,13)6-7/h7-8,10-11H,1-6,9H2. The number of aliphatic hydroxyl groups is 1. The largest absolute Gasteiger partial charge is 0.392 e. The lowest BCUT2D eigenvalue weighted by Crippen LogP contribution is -2.37. The molecule has 0 aliphatic carbocycles. The van der Waals surface area contributed by atoms with Crippen molar-refractivity contribution in [1.29, 1.82) is 0 Å². The molecule has 1 fully saturated rings. The normalized spacial score (nSPS) is 27.7. The van der Waals surface area contributed by atoms with Crippen molar-refractivity contribution in [2.45, 2.75) is 25.0 Å². The first-order chi connectivity index (χ1) is 6.53. The van der Waals surface area contributed by atoms with Gasteiger partial charge in [-0.15, -0.1) is 0 Å². The summed E-state index contributed by atoms with van der Waals surface area (Å²) in [5, 5.41) is 12.4. The lowest BCUT2D eigenvalue weighted by Gasteiger charge is -2.14.